The number of hydrogen-bond donors (Lipinski definition) is 0. The number of hydrogen-bond acceptors (Lipinski definition) is 4. The monoisotopic (exact) mass is 338 g/mol. The second-order valence-electron chi connectivity index (χ2n) is 6.04. The normalized spacial score (nSPS) is 13.9. The van der Waals surface area contributed by atoms with E-state index in [0.717, 1.165) is 34.9 Å². The van der Waals surface area contributed by atoms with Crippen molar-refractivity contribution >= 4 is 22.4 Å². The fraction of sp³-hybridized carbons (Fsp3) is 0.278. The summed E-state index contributed by atoms with van der Waals surface area (Å²) in [6.07, 6.45) is 6.01. The van der Waals surface area contributed by atoms with E-state index in [0.29, 0.717) is 12.6 Å². The van der Waals surface area contributed by atoms with E-state index in [1.54, 1.807) is 6.92 Å². The largest absolute Gasteiger partial charge is 0.331 e. The second kappa shape index (κ2) is 6.20. The van der Waals surface area contributed by atoms with Crippen LogP contribution in [0.1, 0.15) is 25.5 Å². The highest BCUT2D eigenvalue weighted by Gasteiger charge is 2.33. The van der Waals surface area contributed by atoms with Crippen LogP contribution in [0.2, 0.25) is 0 Å². The average Bonchev–Trinajstić information content (AvgIpc) is 3.11. The van der Waals surface area contributed by atoms with Gasteiger partial charge < -0.3 is 4.57 Å². The van der Waals surface area contributed by atoms with Crippen LogP contribution in [0.25, 0.3) is 11.3 Å². The summed E-state index contributed by atoms with van der Waals surface area (Å²) in [5.74, 6) is 0.0763. The molecule has 0 spiro atoms. The topological polar surface area (TPSA) is 51.0 Å². The highest BCUT2D eigenvalue weighted by molar-refractivity contribution is 7.14. The summed E-state index contributed by atoms with van der Waals surface area (Å²) in [6, 6.07) is 10.5. The number of benzene rings is 1. The van der Waals surface area contributed by atoms with Gasteiger partial charge in [0, 0.05) is 30.1 Å². The third-order valence-corrected chi connectivity index (χ3v) is 4.93. The minimum atomic E-state index is 0.0763. The van der Waals surface area contributed by atoms with Crippen LogP contribution in [0, 0.1) is 0 Å². The van der Waals surface area contributed by atoms with E-state index in [2.05, 4.69) is 9.97 Å². The first-order chi connectivity index (χ1) is 11.7. The van der Waals surface area contributed by atoms with Gasteiger partial charge in [0.05, 0.1) is 24.3 Å². The van der Waals surface area contributed by atoms with Gasteiger partial charge in [-0.15, -0.1) is 11.3 Å². The molecule has 3 aromatic rings. The number of imidazole rings is 1. The summed E-state index contributed by atoms with van der Waals surface area (Å²) in [4.78, 5) is 22.8. The molecule has 1 aromatic carbocycles. The summed E-state index contributed by atoms with van der Waals surface area (Å²) in [5, 5.41) is 2.83. The van der Waals surface area contributed by atoms with E-state index in [9.17, 15) is 4.79 Å². The van der Waals surface area contributed by atoms with Crippen molar-refractivity contribution in [3.8, 4) is 11.3 Å². The molecule has 0 bridgehead atoms. The molecule has 5 nitrogen and oxygen atoms in total. The van der Waals surface area contributed by atoms with Gasteiger partial charge in [0.25, 0.3) is 0 Å². The van der Waals surface area contributed by atoms with Crippen LogP contribution in [-0.2, 0) is 11.3 Å². The molecule has 6 heteroatoms. The van der Waals surface area contributed by atoms with Crippen molar-refractivity contribution < 1.29 is 4.79 Å². The smallest absolute Gasteiger partial charge is 0.225 e. The van der Waals surface area contributed by atoms with E-state index >= 15 is 0 Å². The standard InChI is InChI=1S/C18H18N4OS/c1-13(23)22(16-7-8-16)18-20-15(11-24-18)9-21-10-17(19-12-21)14-5-3-2-4-6-14/h2-6,10-12,16H,7-9H2,1H3. The lowest BCUT2D eigenvalue weighted by molar-refractivity contribution is -0.116. The van der Waals surface area contributed by atoms with Crippen LogP contribution in [0.3, 0.4) is 0 Å². The Bertz CT molecular complexity index is 851. The van der Waals surface area contributed by atoms with Gasteiger partial charge in [-0.3, -0.25) is 9.69 Å². The molecule has 24 heavy (non-hydrogen) atoms. The van der Waals surface area contributed by atoms with Crippen molar-refractivity contribution in [1.29, 1.82) is 0 Å². The van der Waals surface area contributed by atoms with Crippen molar-refractivity contribution in [2.45, 2.75) is 32.4 Å². The lowest BCUT2D eigenvalue weighted by Gasteiger charge is -2.16. The molecular weight excluding hydrogens is 320 g/mol. The van der Waals surface area contributed by atoms with Crippen LogP contribution in [0.15, 0.2) is 48.2 Å². The van der Waals surface area contributed by atoms with Gasteiger partial charge >= 0.3 is 0 Å². The highest BCUT2D eigenvalue weighted by atomic mass is 32.1. The van der Waals surface area contributed by atoms with Crippen molar-refractivity contribution in [1.82, 2.24) is 14.5 Å². The molecule has 1 fully saturated rings. The van der Waals surface area contributed by atoms with Crippen LogP contribution < -0.4 is 4.90 Å². The molecule has 1 aliphatic rings. The van der Waals surface area contributed by atoms with Crippen LogP contribution in [0.4, 0.5) is 5.13 Å². The fourth-order valence-electron chi connectivity index (χ4n) is 2.75. The van der Waals surface area contributed by atoms with Crippen molar-refractivity contribution in [2.24, 2.45) is 0 Å². The van der Waals surface area contributed by atoms with E-state index in [1.807, 2.05) is 57.7 Å². The maximum Gasteiger partial charge on any atom is 0.225 e. The number of aromatic nitrogens is 3. The first-order valence-corrected chi connectivity index (χ1v) is 8.90. The molecule has 2 aromatic heterocycles. The number of rotatable bonds is 5. The predicted molar refractivity (Wildman–Crippen MR) is 95.1 cm³/mol. The molecule has 4 rings (SSSR count). The number of amides is 1. The first kappa shape index (κ1) is 15.1. The number of carbonyl (C=O) groups is 1. The Kier molecular flexibility index (Phi) is 3.90. The predicted octanol–water partition coefficient (Wildman–Crippen LogP) is 3.57. The Morgan fingerprint density at radius 1 is 1.33 bits per heavy atom. The molecule has 2 heterocycles. The van der Waals surface area contributed by atoms with Gasteiger partial charge in [-0.05, 0) is 12.8 Å². The van der Waals surface area contributed by atoms with Gasteiger partial charge in [-0.1, -0.05) is 30.3 Å². The molecule has 0 atom stereocenters. The molecule has 0 saturated heterocycles. The zero-order chi connectivity index (χ0) is 16.5. The molecule has 1 saturated carbocycles. The molecule has 1 aliphatic carbocycles. The van der Waals surface area contributed by atoms with Crippen LogP contribution >= 0.6 is 11.3 Å². The van der Waals surface area contributed by atoms with Crippen LogP contribution in [0.5, 0.6) is 0 Å². The molecule has 1 amide bonds. The molecule has 0 radical (unpaired) electrons. The van der Waals surface area contributed by atoms with Crippen molar-refractivity contribution in [3.63, 3.8) is 0 Å². The average molecular weight is 338 g/mol. The molecule has 0 aliphatic heterocycles. The van der Waals surface area contributed by atoms with Crippen molar-refractivity contribution in [2.75, 3.05) is 4.90 Å². The highest BCUT2D eigenvalue weighted by Crippen LogP contribution is 2.33. The Balaban J connectivity index is 1.50. The first-order valence-electron chi connectivity index (χ1n) is 8.02. The summed E-state index contributed by atoms with van der Waals surface area (Å²) in [7, 11) is 0. The zero-order valence-electron chi connectivity index (χ0n) is 13.4. The lowest BCUT2D eigenvalue weighted by atomic mass is 10.2. The number of carbonyl (C=O) groups excluding carboxylic acids is 1. The van der Waals surface area contributed by atoms with E-state index in [4.69, 9.17) is 0 Å². The Morgan fingerprint density at radius 3 is 2.83 bits per heavy atom. The maximum atomic E-state index is 11.8. The summed E-state index contributed by atoms with van der Waals surface area (Å²) >= 11 is 1.54. The van der Waals surface area contributed by atoms with Gasteiger partial charge in [-0.25, -0.2) is 9.97 Å². The summed E-state index contributed by atoms with van der Waals surface area (Å²) in [5.41, 5.74) is 3.01. The van der Waals surface area contributed by atoms with Gasteiger partial charge in [0.15, 0.2) is 5.13 Å². The Labute approximate surface area is 144 Å². The third-order valence-electron chi connectivity index (χ3n) is 4.04. The summed E-state index contributed by atoms with van der Waals surface area (Å²) in [6.45, 7) is 2.27. The van der Waals surface area contributed by atoms with E-state index < -0.39 is 0 Å². The molecule has 0 N–H and O–H groups in total. The fourth-order valence-corrected chi connectivity index (χ4v) is 3.68. The Morgan fingerprint density at radius 2 is 2.12 bits per heavy atom. The van der Waals surface area contributed by atoms with Gasteiger partial charge in [-0.2, -0.15) is 0 Å². The lowest BCUT2D eigenvalue weighted by Crippen LogP contribution is -2.30. The van der Waals surface area contributed by atoms with E-state index in [-0.39, 0.29) is 5.91 Å². The van der Waals surface area contributed by atoms with Gasteiger partial charge in [0.1, 0.15) is 0 Å². The minimum absolute atomic E-state index is 0.0763. The minimum Gasteiger partial charge on any atom is -0.331 e. The molecule has 0 unspecified atom stereocenters. The Hall–Kier alpha value is -2.47. The molecular formula is C18H18N4OS. The SMILES string of the molecule is CC(=O)N(c1nc(Cn2cnc(-c3ccccc3)c2)cs1)C1CC1. The molecule has 122 valence electrons. The number of anilines is 1. The zero-order valence-corrected chi connectivity index (χ0v) is 14.2. The second-order valence-corrected chi connectivity index (χ2v) is 6.88. The van der Waals surface area contributed by atoms with Gasteiger partial charge in [0.2, 0.25) is 5.91 Å². The third kappa shape index (κ3) is 3.10. The number of thiazole rings is 1. The maximum absolute atomic E-state index is 11.8. The quantitative estimate of drug-likeness (QED) is 0.714. The summed E-state index contributed by atoms with van der Waals surface area (Å²) < 4.78 is 2.02. The van der Waals surface area contributed by atoms with Crippen molar-refractivity contribution in [3.05, 3.63) is 53.9 Å². The number of nitrogens with zero attached hydrogens (tertiary/aromatic N) is 4. The van der Waals surface area contributed by atoms with Crippen LogP contribution in [-0.4, -0.2) is 26.5 Å². The van der Waals surface area contributed by atoms with E-state index in [1.165, 1.54) is 11.3 Å².